The molecular weight excluding hydrogens is 378 g/mol. The quantitative estimate of drug-likeness (QED) is 0.614. The average Bonchev–Trinajstić information content (AvgIpc) is 3.30. The molecular formula is C24H25N3O3. The van der Waals surface area contributed by atoms with Crippen LogP contribution in [0.2, 0.25) is 0 Å². The zero-order chi connectivity index (χ0) is 20.8. The van der Waals surface area contributed by atoms with E-state index in [1.807, 2.05) is 25.1 Å². The molecule has 0 bridgehead atoms. The number of benzene rings is 2. The number of aryl methyl sites for hydroxylation is 1. The summed E-state index contributed by atoms with van der Waals surface area (Å²) in [5, 5.41) is 2.93. The minimum Gasteiger partial charge on any atom is -0.484 e. The van der Waals surface area contributed by atoms with Crippen LogP contribution >= 0.6 is 0 Å². The minimum absolute atomic E-state index is 0.0617. The molecule has 0 radical (unpaired) electrons. The van der Waals surface area contributed by atoms with Gasteiger partial charge in [-0.2, -0.15) is 0 Å². The summed E-state index contributed by atoms with van der Waals surface area (Å²) in [6.07, 6.45) is 4.16. The summed E-state index contributed by atoms with van der Waals surface area (Å²) in [7, 11) is 0. The number of aromatic nitrogens is 1. The highest BCUT2D eigenvalue weighted by atomic mass is 16.5. The minimum atomic E-state index is -0.194. The van der Waals surface area contributed by atoms with Gasteiger partial charge in [0.05, 0.1) is 0 Å². The van der Waals surface area contributed by atoms with Crippen molar-refractivity contribution in [3.8, 4) is 17.4 Å². The maximum atomic E-state index is 12.3. The Bertz CT molecular complexity index is 984. The number of hydrogen-bond acceptors (Lipinski definition) is 5. The second kappa shape index (κ2) is 9.31. The Kier molecular flexibility index (Phi) is 6.13. The van der Waals surface area contributed by atoms with Crippen molar-refractivity contribution in [1.82, 2.24) is 4.98 Å². The van der Waals surface area contributed by atoms with Crippen molar-refractivity contribution >= 4 is 17.3 Å². The van der Waals surface area contributed by atoms with E-state index in [9.17, 15) is 4.79 Å². The van der Waals surface area contributed by atoms with Gasteiger partial charge in [0.15, 0.2) is 6.61 Å². The van der Waals surface area contributed by atoms with Crippen LogP contribution in [0.4, 0.5) is 11.4 Å². The van der Waals surface area contributed by atoms with Gasteiger partial charge in [0.2, 0.25) is 5.88 Å². The molecule has 0 spiro atoms. The molecule has 6 heteroatoms. The Morgan fingerprint density at radius 1 is 1.03 bits per heavy atom. The molecule has 0 saturated carbocycles. The third-order valence-electron chi connectivity index (χ3n) is 5.01. The van der Waals surface area contributed by atoms with E-state index in [0.717, 1.165) is 24.3 Å². The van der Waals surface area contributed by atoms with Crippen LogP contribution in [0.3, 0.4) is 0 Å². The van der Waals surface area contributed by atoms with Crippen molar-refractivity contribution in [2.24, 2.45) is 0 Å². The lowest BCUT2D eigenvalue weighted by molar-refractivity contribution is -0.118. The molecule has 1 N–H and O–H groups in total. The van der Waals surface area contributed by atoms with Crippen LogP contribution < -0.4 is 19.7 Å². The molecule has 1 amide bonds. The van der Waals surface area contributed by atoms with Gasteiger partial charge in [0, 0.05) is 36.7 Å². The molecule has 0 unspecified atom stereocenters. The third kappa shape index (κ3) is 5.08. The first kappa shape index (κ1) is 19.8. The Hall–Kier alpha value is -3.54. The predicted molar refractivity (Wildman–Crippen MR) is 118 cm³/mol. The molecule has 0 atom stereocenters. The van der Waals surface area contributed by atoms with Crippen molar-refractivity contribution in [1.29, 1.82) is 0 Å². The molecule has 3 aromatic rings. The summed E-state index contributed by atoms with van der Waals surface area (Å²) < 4.78 is 11.2. The molecule has 0 aliphatic carbocycles. The largest absolute Gasteiger partial charge is 0.484 e. The fraction of sp³-hybridized carbons (Fsp3) is 0.250. The summed E-state index contributed by atoms with van der Waals surface area (Å²) >= 11 is 0. The van der Waals surface area contributed by atoms with E-state index in [1.54, 1.807) is 36.5 Å². The van der Waals surface area contributed by atoms with Crippen LogP contribution in [0.25, 0.3) is 0 Å². The van der Waals surface area contributed by atoms with E-state index in [4.69, 9.17) is 9.47 Å². The van der Waals surface area contributed by atoms with Gasteiger partial charge in [0.25, 0.3) is 5.91 Å². The Labute approximate surface area is 176 Å². The van der Waals surface area contributed by atoms with Crippen LogP contribution in [-0.4, -0.2) is 30.6 Å². The lowest BCUT2D eigenvalue weighted by atomic mass is 10.1. The van der Waals surface area contributed by atoms with Crippen LogP contribution in [0.5, 0.6) is 17.4 Å². The van der Waals surface area contributed by atoms with Gasteiger partial charge in [-0.1, -0.05) is 6.07 Å². The smallest absolute Gasteiger partial charge is 0.262 e. The number of ether oxygens (including phenoxy) is 2. The highest BCUT2D eigenvalue weighted by Gasteiger charge is 2.14. The highest BCUT2D eigenvalue weighted by molar-refractivity contribution is 5.92. The first-order chi connectivity index (χ1) is 14.7. The summed E-state index contributed by atoms with van der Waals surface area (Å²) in [5.41, 5.74) is 3.07. The monoisotopic (exact) mass is 403 g/mol. The number of pyridine rings is 1. The van der Waals surface area contributed by atoms with Gasteiger partial charge in [-0.3, -0.25) is 4.79 Å². The zero-order valence-electron chi connectivity index (χ0n) is 17.0. The van der Waals surface area contributed by atoms with Crippen molar-refractivity contribution in [2.75, 3.05) is 29.9 Å². The van der Waals surface area contributed by atoms with Crippen LogP contribution in [-0.2, 0) is 4.79 Å². The number of carbonyl (C=O) groups is 1. The van der Waals surface area contributed by atoms with Crippen molar-refractivity contribution in [3.05, 3.63) is 72.4 Å². The van der Waals surface area contributed by atoms with E-state index in [-0.39, 0.29) is 12.5 Å². The lowest BCUT2D eigenvalue weighted by Gasteiger charge is -2.19. The first-order valence-electron chi connectivity index (χ1n) is 10.1. The van der Waals surface area contributed by atoms with Gasteiger partial charge in [-0.05, 0) is 73.9 Å². The summed E-state index contributed by atoms with van der Waals surface area (Å²) in [6, 6.07) is 18.7. The van der Waals surface area contributed by atoms with Crippen molar-refractivity contribution in [3.63, 3.8) is 0 Å². The Morgan fingerprint density at radius 2 is 1.80 bits per heavy atom. The number of rotatable bonds is 7. The molecule has 1 aliphatic heterocycles. The molecule has 30 heavy (non-hydrogen) atoms. The van der Waals surface area contributed by atoms with E-state index >= 15 is 0 Å². The topological polar surface area (TPSA) is 63.7 Å². The van der Waals surface area contributed by atoms with Gasteiger partial charge < -0.3 is 19.7 Å². The molecule has 1 saturated heterocycles. The fourth-order valence-corrected chi connectivity index (χ4v) is 3.43. The molecule has 2 heterocycles. The number of nitrogens with one attached hydrogen (secondary N) is 1. The van der Waals surface area contributed by atoms with Crippen LogP contribution in [0.15, 0.2) is 66.9 Å². The molecule has 1 aromatic heterocycles. The molecule has 1 fully saturated rings. The lowest BCUT2D eigenvalue weighted by Crippen LogP contribution is -2.21. The number of nitrogens with zero attached hydrogens (tertiary/aromatic N) is 2. The average molecular weight is 403 g/mol. The zero-order valence-corrected chi connectivity index (χ0v) is 17.0. The number of anilines is 2. The number of hydrogen-bond donors (Lipinski definition) is 1. The number of amides is 1. The fourth-order valence-electron chi connectivity index (χ4n) is 3.43. The molecule has 4 rings (SSSR count). The van der Waals surface area contributed by atoms with Crippen LogP contribution in [0.1, 0.15) is 18.4 Å². The Balaban J connectivity index is 1.28. The van der Waals surface area contributed by atoms with E-state index in [1.165, 1.54) is 18.5 Å². The maximum absolute atomic E-state index is 12.3. The second-order valence-corrected chi connectivity index (χ2v) is 7.27. The van der Waals surface area contributed by atoms with E-state index < -0.39 is 0 Å². The molecule has 6 nitrogen and oxygen atoms in total. The van der Waals surface area contributed by atoms with Gasteiger partial charge in [-0.15, -0.1) is 0 Å². The Morgan fingerprint density at radius 3 is 2.50 bits per heavy atom. The maximum Gasteiger partial charge on any atom is 0.262 e. The normalized spacial score (nSPS) is 13.2. The highest BCUT2D eigenvalue weighted by Crippen LogP contribution is 2.26. The van der Waals surface area contributed by atoms with Crippen molar-refractivity contribution < 1.29 is 14.3 Å². The van der Waals surface area contributed by atoms with Gasteiger partial charge >= 0.3 is 0 Å². The van der Waals surface area contributed by atoms with E-state index in [2.05, 4.69) is 27.3 Å². The molecule has 154 valence electrons. The summed E-state index contributed by atoms with van der Waals surface area (Å²) in [6.45, 7) is 4.15. The molecule has 1 aliphatic rings. The second-order valence-electron chi connectivity index (χ2n) is 7.27. The van der Waals surface area contributed by atoms with Gasteiger partial charge in [-0.25, -0.2) is 4.98 Å². The number of carbonyl (C=O) groups excluding carboxylic acids is 1. The third-order valence-corrected chi connectivity index (χ3v) is 5.01. The van der Waals surface area contributed by atoms with Crippen molar-refractivity contribution in [2.45, 2.75) is 19.8 Å². The summed E-state index contributed by atoms with van der Waals surface area (Å²) in [4.78, 5) is 18.8. The summed E-state index contributed by atoms with van der Waals surface area (Å²) in [5.74, 6) is 1.58. The molecule has 2 aromatic carbocycles. The predicted octanol–water partition coefficient (Wildman–Crippen LogP) is 4.80. The SMILES string of the molecule is Cc1cc(N2CCCC2)ccc1NC(=O)COc1ccc(Oc2ccccn2)cc1. The van der Waals surface area contributed by atoms with Gasteiger partial charge in [0.1, 0.15) is 11.5 Å². The standard InChI is InChI=1S/C24H25N3O3/c1-18-16-19(27-14-4-5-15-27)7-12-22(18)26-23(28)17-29-20-8-10-21(11-9-20)30-24-6-2-3-13-25-24/h2-3,6-13,16H,4-5,14-15,17H2,1H3,(H,26,28). The first-order valence-corrected chi connectivity index (χ1v) is 10.1. The van der Waals surface area contributed by atoms with E-state index in [0.29, 0.717) is 17.4 Å². The van der Waals surface area contributed by atoms with Crippen LogP contribution in [0, 0.1) is 6.92 Å².